The standard InChI is InChI=1S/C48H35N/c1-33-46(47(38-19-9-4-10-20-38)49-32-34-15-5-2-6-16-34)42-22-12-14-24-44(42)48(33)43-23-13-11-21-40(43)41-30-29-39(31-45(41)48)37-27-25-36(26-28-37)35-17-7-3-8-18-35/h2-31H,32H2,1H3/b49-47-. The maximum Gasteiger partial charge on any atom is 0.0729 e. The van der Waals surface area contributed by atoms with E-state index in [4.69, 9.17) is 4.99 Å². The van der Waals surface area contributed by atoms with Crippen LogP contribution in [0.25, 0.3) is 39.0 Å². The van der Waals surface area contributed by atoms with Gasteiger partial charge in [0, 0.05) is 11.1 Å². The summed E-state index contributed by atoms with van der Waals surface area (Å²) < 4.78 is 0. The van der Waals surface area contributed by atoms with Crippen LogP contribution in [0.3, 0.4) is 0 Å². The van der Waals surface area contributed by atoms with E-state index in [9.17, 15) is 0 Å². The predicted octanol–water partition coefficient (Wildman–Crippen LogP) is 11.8. The van der Waals surface area contributed by atoms with Crippen molar-refractivity contribution in [2.75, 3.05) is 0 Å². The van der Waals surface area contributed by atoms with Crippen LogP contribution in [0.1, 0.15) is 40.3 Å². The highest BCUT2D eigenvalue weighted by atomic mass is 14.7. The van der Waals surface area contributed by atoms with Crippen LogP contribution < -0.4 is 0 Å². The molecule has 1 spiro atoms. The molecule has 1 unspecified atom stereocenters. The maximum absolute atomic E-state index is 5.42. The second-order valence-corrected chi connectivity index (χ2v) is 13.1. The molecule has 0 N–H and O–H groups in total. The van der Waals surface area contributed by atoms with Gasteiger partial charge in [-0.2, -0.15) is 0 Å². The molecule has 0 saturated heterocycles. The molecule has 0 aromatic heterocycles. The van der Waals surface area contributed by atoms with Gasteiger partial charge in [0.05, 0.1) is 17.7 Å². The summed E-state index contributed by atoms with van der Waals surface area (Å²) in [5.74, 6) is 0. The minimum Gasteiger partial charge on any atom is -0.279 e. The molecule has 0 aliphatic heterocycles. The van der Waals surface area contributed by atoms with E-state index >= 15 is 0 Å². The average molecular weight is 626 g/mol. The highest BCUT2D eigenvalue weighted by molar-refractivity contribution is 6.34. The van der Waals surface area contributed by atoms with E-state index in [1.807, 2.05) is 0 Å². The Labute approximate surface area is 288 Å². The average Bonchev–Trinajstić information content (AvgIpc) is 3.62. The minimum atomic E-state index is -0.430. The van der Waals surface area contributed by atoms with Gasteiger partial charge in [-0.1, -0.05) is 176 Å². The summed E-state index contributed by atoms with van der Waals surface area (Å²) in [6.07, 6.45) is 0. The monoisotopic (exact) mass is 625 g/mol. The van der Waals surface area contributed by atoms with E-state index in [0.717, 1.165) is 11.3 Å². The van der Waals surface area contributed by atoms with E-state index < -0.39 is 5.41 Å². The number of hydrogen-bond donors (Lipinski definition) is 0. The first-order chi connectivity index (χ1) is 24.2. The highest BCUT2D eigenvalue weighted by Crippen LogP contribution is 2.62. The lowest BCUT2D eigenvalue weighted by molar-refractivity contribution is 0.767. The molecular formula is C48H35N. The predicted molar refractivity (Wildman–Crippen MR) is 205 cm³/mol. The smallest absolute Gasteiger partial charge is 0.0729 e. The Bertz CT molecular complexity index is 2380. The van der Waals surface area contributed by atoms with Gasteiger partial charge in [0.25, 0.3) is 0 Å². The lowest BCUT2D eigenvalue weighted by atomic mass is 9.69. The highest BCUT2D eigenvalue weighted by Gasteiger charge is 2.52. The molecule has 0 amide bonds. The van der Waals surface area contributed by atoms with Crippen molar-refractivity contribution in [2.24, 2.45) is 4.99 Å². The normalized spacial score (nSPS) is 16.1. The fraction of sp³-hybridized carbons (Fsp3) is 0.0625. The Hall–Kier alpha value is -6.05. The number of rotatable bonds is 6. The molecule has 1 heteroatoms. The van der Waals surface area contributed by atoms with Gasteiger partial charge >= 0.3 is 0 Å². The molecule has 2 aliphatic carbocycles. The number of hydrogen-bond acceptors (Lipinski definition) is 1. The fourth-order valence-electron chi connectivity index (χ4n) is 8.23. The molecule has 0 heterocycles. The van der Waals surface area contributed by atoms with Gasteiger partial charge in [-0.3, -0.25) is 4.99 Å². The SMILES string of the molecule is CC1=C(/C(=N\Cc2ccccc2)c2ccccc2)c2ccccc2C12c1ccccc1-c1ccc(-c3ccc(-c4ccccc4)cc3)cc12. The van der Waals surface area contributed by atoms with Crippen molar-refractivity contribution in [3.63, 3.8) is 0 Å². The van der Waals surface area contributed by atoms with Crippen LogP contribution in [0.2, 0.25) is 0 Å². The Morgan fingerprint density at radius 2 is 0.939 bits per heavy atom. The van der Waals surface area contributed by atoms with E-state index in [1.54, 1.807) is 0 Å². The molecule has 232 valence electrons. The van der Waals surface area contributed by atoms with Crippen molar-refractivity contribution in [2.45, 2.75) is 18.9 Å². The fourth-order valence-corrected chi connectivity index (χ4v) is 8.23. The zero-order valence-electron chi connectivity index (χ0n) is 27.5. The first-order valence-electron chi connectivity index (χ1n) is 17.1. The van der Waals surface area contributed by atoms with Gasteiger partial charge in [-0.15, -0.1) is 0 Å². The summed E-state index contributed by atoms with van der Waals surface area (Å²) in [5, 5.41) is 0. The molecule has 1 nitrogen and oxygen atoms in total. The Balaban J connectivity index is 1.26. The van der Waals surface area contributed by atoms with Crippen LogP contribution in [-0.4, -0.2) is 5.71 Å². The van der Waals surface area contributed by atoms with Crippen LogP contribution in [0.4, 0.5) is 0 Å². The van der Waals surface area contributed by atoms with Crippen molar-refractivity contribution >= 4 is 11.3 Å². The van der Waals surface area contributed by atoms with Crippen molar-refractivity contribution < 1.29 is 0 Å². The van der Waals surface area contributed by atoms with Crippen molar-refractivity contribution in [3.8, 4) is 33.4 Å². The third kappa shape index (κ3) is 4.65. The van der Waals surface area contributed by atoms with Gasteiger partial charge in [0.2, 0.25) is 0 Å². The van der Waals surface area contributed by atoms with E-state index in [0.29, 0.717) is 6.54 Å². The molecular weight excluding hydrogens is 591 g/mol. The van der Waals surface area contributed by atoms with E-state index in [1.165, 1.54) is 72.3 Å². The molecule has 2 aliphatic rings. The molecule has 9 rings (SSSR count). The first kappa shape index (κ1) is 29.1. The van der Waals surface area contributed by atoms with Gasteiger partial charge in [-0.05, 0) is 79.8 Å². The summed E-state index contributed by atoms with van der Waals surface area (Å²) in [7, 11) is 0. The second kappa shape index (κ2) is 11.9. The van der Waals surface area contributed by atoms with Gasteiger partial charge in [0.1, 0.15) is 0 Å². The number of aliphatic imine (C=N–C) groups is 1. The third-order valence-electron chi connectivity index (χ3n) is 10.5. The van der Waals surface area contributed by atoms with Crippen LogP contribution in [0, 0.1) is 0 Å². The van der Waals surface area contributed by atoms with Crippen LogP contribution >= 0.6 is 0 Å². The number of allylic oxidation sites excluding steroid dienone is 2. The summed E-state index contributed by atoms with van der Waals surface area (Å²) in [5.41, 5.74) is 18.3. The molecule has 0 saturated carbocycles. The Morgan fingerprint density at radius 1 is 0.449 bits per heavy atom. The van der Waals surface area contributed by atoms with Gasteiger partial charge in [0.15, 0.2) is 0 Å². The molecule has 7 aromatic carbocycles. The second-order valence-electron chi connectivity index (χ2n) is 13.1. The van der Waals surface area contributed by atoms with E-state index in [2.05, 4.69) is 189 Å². The lowest BCUT2D eigenvalue weighted by Crippen LogP contribution is -2.26. The third-order valence-corrected chi connectivity index (χ3v) is 10.5. The molecule has 0 radical (unpaired) electrons. The van der Waals surface area contributed by atoms with Crippen molar-refractivity contribution in [1.29, 1.82) is 0 Å². The van der Waals surface area contributed by atoms with Crippen LogP contribution in [0.15, 0.2) is 193 Å². The Morgan fingerprint density at radius 3 is 1.63 bits per heavy atom. The van der Waals surface area contributed by atoms with Crippen LogP contribution in [0.5, 0.6) is 0 Å². The number of benzene rings is 7. The van der Waals surface area contributed by atoms with E-state index in [-0.39, 0.29) is 0 Å². The van der Waals surface area contributed by atoms with Gasteiger partial charge in [-0.25, -0.2) is 0 Å². The molecule has 0 bridgehead atoms. The molecule has 49 heavy (non-hydrogen) atoms. The lowest BCUT2D eigenvalue weighted by Gasteiger charge is -2.31. The largest absolute Gasteiger partial charge is 0.279 e. The summed E-state index contributed by atoms with van der Waals surface area (Å²) in [4.78, 5) is 5.42. The number of nitrogens with zero attached hydrogens (tertiary/aromatic N) is 1. The topological polar surface area (TPSA) is 12.4 Å². The molecule has 0 fully saturated rings. The summed E-state index contributed by atoms with van der Waals surface area (Å²) in [6.45, 7) is 2.97. The number of fused-ring (bicyclic) bond motifs is 7. The zero-order chi connectivity index (χ0) is 32.8. The zero-order valence-corrected chi connectivity index (χ0v) is 27.5. The molecule has 1 atom stereocenters. The summed E-state index contributed by atoms with van der Waals surface area (Å²) >= 11 is 0. The maximum atomic E-state index is 5.42. The van der Waals surface area contributed by atoms with Crippen molar-refractivity contribution in [3.05, 3.63) is 221 Å². The van der Waals surface area contributed by atoms with Gasteiger partial charge < -0.3 is 0 Å². The molecule has 7 aromatic rings. The first-order valence-corrected chi connectivity index (χ1v) is 17.1. The summed E-state index contributed by atoms with van der Waals surface area (Å²) in [6, 6.07) is 66.1. The van der Waals surface area contributed by atoms with Crippen molar-refractivity contribution in [1.82, 2.24) is 0 Å². The van der Waals surface area contributed by atoms with Crippen LogP contribution in [-0.2, 0) is 12.0 Å². The minimum absolute atomic E-state index is 0.430. The Kier molecular flexibility index (Phi) is 7.06. The quantitative estimate of drug-likeness (QED) is 0.163.